The summed E-state index contributed by atoms with van der Waals surface area (Å²) >= 11 is 0. The van der Waals surface area contributed by atoms with Crippen LogP contribution in [0.2, 0.25) is 19.6 Å². The molecule has 3 nitrogen and oxygen atoms in total. The predicted octanol–water partition coefficient (Wildman–Crippen LogP) is 12.9. The summed E-state index contributed by atoms with van der Waals surface area (Å²) < 4.78 is 20.7. The summed E-state index contributed by atoms with van der Waals surface area (Å²) in [6.45, 7) is 16.4. The van der Waals surface area contributed by atoms with Crippen LogP contribution in [0.25, 0.3) is 55.6 Å². The van der Waals surface area contributed by atoms with Crippen LogP contribution in [-0.2, 0) is 25.5 Å². The van der Waals surface area contributed by atoms with Crippen LogP contribution in [0.1, 0.15) is 70.4 Å². The number of fused-ring (bicyclic) bond motifs is 3. The van der Waals surface area contributed by atoms with E-state index in [0.29, 0.717) is 17.4 Å². The number of rotatable bonds is 7. The molecule has 0 aliphatic heterocycles. The molecule has 0 N–H and O–H groups in total. The van der Waals surface area contributed by atoms with E-state index in [2.05, 4.69) is 94.9 Å². The molecule has 3 heterocycles. The SMILES string of the molecule is CC(C)(c1ccnc(-c2[c-]ccc3c2oc2cc(-c4ccccc4F)ccc23)c1)C1CCCC1.CC(C)c1cc(-c2[c-]cccc2)ncc1[Si](C)(C)C.[Ir]. The zero-order chi connectivity index (χ0) is 37.3. The van der Waals surface area contributed by atoms with E-state index in [9.17, 15) is 4.39 Å². The Morgan fingerprint density at radius 1 is 0.815 bits per heavy atom. The van der Waals surface area contributed by atoms with Crippen molar-refractivity contribution in [2.75, 3.05) is 0 Å². The third-order valence-corrected chi connectivity index (χ3v) is 13.1. The number of aromatic nitrogens is 2. The molecular weight excluding hydrogens is 860 g/mol. The molecule has 4 aromatic carbocycles. The Morgan fingerprint density at radius 2 is 1.57 bits per heavy atom. The van der Waals surface area contributed by atoms with Gasteiger partial charge < -0.3 is 14.4 Å². The molecule has 54 heavy (non-hydrogen) atoms. The van der Waals surface area contributed by atoms with Gasteiger partial charge in [-0.25, -0.2) is 4.39 Å². The molecule has 3 aromatic heterocycles. The third-order valence-electron chi connectivity index (χ3n) is 11.1. The van der Waals surface area contributed by atoms with Gasteiger partial charge in [0.05, 0.1) is 13.7 Å². The molecule has 8 rings (SSSR count). The Morgan fingerprint density at radius 3 is 2.28 bits per heavy atom. The summed E-state index contributed by atoms with van der Waals surface area (Å²) in [5, 5.41) is 3.50. The Kier molecular flexibility index (Phi) is 11.9. The van der Waals surface area contributed by atoms with Gasteiger partial charge in [0.15, 0.2) is 0 Å². The van der Waals surface area contributed by atoms with Gasteiger partial charge in [0.25, 0.3) is 0 Å². The maximum Gasteiger partial charge on any atom is 0.131 e. The van der Waals surface area contributed by atoms with Gasteiger partial charge in [-0.05, 0) is 76.0 Å². The smallest absolute Gasteiger partial charge is 0.131 e. The minimum absolute atomic E-state index is 0. The zero-order valence-corrected chi connectivity index (χ0v) is 35.8. The van der Waals surface area contributed by atoms with Crippen molar-refractivity contribution in [2.45, 2.75) is 84.4 Å². The van der Waals surface area contributed by atoms with Crippen LogP contribution in [0, 0.1) is 23.9 Å². The number of pyridine rings is 2. The normalized spacial score (nSPS) is 13.6. The van der Waals surface area contributed by atoms with Gasteiger partial charge in [-0.1, -0.05) is 119 Å². The van der Waals surface area contributed by atoms with E-state index in [1.165, 1.54) is 48.1 Å². The minimum atomic E-state index is -1.34. The molecule has 6 heteroatoms. The zero-order valence-electron chi connectivity index (χ0n) is 32.4. The summed E-state index contributed by atoms with van der Waals surface area (Å²) in [6.07, 6.45) is 9.24. The second-order valence-electron chi connectivity index (χ2n) is 16.4. The van der Waals surface area contributed by atoms with Crippen LogP contribution in [0.15, 0.2) is 114 Å². The van der Waals surface area contributed by atoms with Crippen LogP contribution in [0.4, 0.5) is 4.39 Å². The molecule has 1 radical (unpaired) electrons. The number of hydrogen-bond donors (Lipinski definition) is 0. The van der Waals surface area contributed by atoms with Gasteiger partial charge in [-0.15, -0.1) is 54.1 Å². The molecule has 0 spiro atoms. The fourth-order valence-corrected chi connectivity index (χ4v) is 9.60. The van der Waals surface area contributed by atoms with Crippen molar-refractivity contribution in [1.29, 1.82) is 0 Å². The number of hydrogen-bond acceptors (Lipinski definition) is 3. The molecule has 1 aliphatic rings. The Hall–Kier alpha value is -4.22. The molecule has 0 amide bonds. The Balaban J connectivity index is 0.000000213. The van der Waals surface area contributed by atoms with Gasteiger partial charge in [0, 0.05) is 43.4 Å². The van der Waals surface area contributed by atoms with Gasteiger partial charge >= 0.3 is 0 Å². The molecule has 0 saturated heterocycles. The average Bonchev–Trinajstić information content (AvgIpc) is 3.84. The Bertz CT molecular complexity index is 2370. The number of furan rings is 1. The molecule has 0 atom stereocenters. The first-order valence-electron chi connectivity index (χ1n) is 19.0. The molecule has 1 aliphatic carbocycles. The third kappa shape index (κ3) is 8.08. The first-order valence-corrected chi connectivity index (χ1v) is 22.5. The predicted molar refractivity (Wildman–Crippen MR) is 222 cm³/mol. The van der Waals surface area contributed by atoms with E-state index in [0.717, 1.165) is 50.0 Å². The van der Waals surface area contributed by atoms with E-state index in [-0.39, 0.29) is 31.3 Å². The van der Waals surface area contributed by atoms with Crippen LogP contribution < -0.4 is 5.19 Å². The van der Waals surface area contributed by atoms with Gasteiger partial charge in [-0.2, -0.15) is 0 Å². The van der Waals surface area contributed by atoms with Gasteiger partial charge in [0.1, 0.15) is 11.4 Å². The summed E-state index contributed by atoms with van der Waals surface area (Å²) in [6, 6.07) is 38.0. The van der Waals surface area contributed by atoms with Crippen molar-refractivity contribution >= 4 is 35.2 Å². The quantitative estimate of drug-likeness (QED) is 0.118. The van der Waals surface area contributed by atoms with Gasteiger partial charge in [-0.3, -0.25) is 0 Å². The largest absolute Gasteiger partial charge is 0.501 e. The average molecular weight is 909 g/mol. The molecule has 1 saturated carbocycles. The van der Waals surface area contributed by atoms with Crippen LogP contribution in [0.3, 0.4) is 0 Å². The first-order chi connectivity index (χ1) is 25.4. The molecular formula is C48H49FIrN2OSi-2. The summed E-state index contributed by atoms with van der Waals surface area (Å²) in [5.74, 6) is 0.996. The van der Waals surface area contributed by atoms with E-state index >= 15 is 0 Å². The van der Waals surface area contributed by atoms with Crippen LogP contribution >= 0.6 is 0 Å². The van der Waals surface area contributed by atoms with E-state index in [1.807, 2.05) is 60.8 Å². The van der Waals surface area contributed by atoms with Crippen molar-refractivity contribution < 1.29 is 28.9 Å². The van der Waals surface area contributed by atoms with Crippen LogP contribution in [0.5, 0.6) is 0 Å². The number of halogens is 1. The summed E-state index contributed by atoms with van der Waals surface area (Å²) in [4.78, 5) is 9.37. The molecule has 0 unspecified atom stereocenters. The van der Waals surface area contributed by atoms with Crippen molar-refractivity contribution in [3.8, 4) is 33.6 Å². The monoisotopic (exact) mass is 909 g/mol. The van der Waals surface area contributed by atoms with Crippen molar-refractivity contribution in [2.24, 2.45) is 5.92 Å². The Labute approximate surface area is 334 Å². The molecule has 7 aromatic rings. The number of benzene rings is 4. The van der Waals surface area contributed by atoms with Crippen molar-refractivity contribution in [3.63, 3.8) is 0 Å². The van der Waals surface area contributed by atoms with Crippen molar-refractivity contribution in [3.05, 3.63) is 139 Å². The molecule has 279 valence electrons. The van der Waals surface area contributed by atoms with Crippen LogP contribution in [-0.4, -0.2) is 18.0 Å². The fourth-order valence-electron chi connectivity index (χ4n) is 7.92. The summed E-state index contributed by atoms with van der Waals surface area (Å²) in [5.41, 5.74) is 9.59. The standard InChI is InChI=1S/C31H27FNO.C17H22NSi.Ir/c1-31(2,21-8-3-4-9-21)22-16-17-33-28(19-22)26-12-7-11-25-24-15-14-20(18-29(24)34-30(25)26)23-10-5-6-13-27(23)32;1-13(2)15-11-16(14-9-7-6-8-10-14)18-12-17(15)19(3,4)5;/h5-7,10-11,13-19,21H,3-4,8-9H2,1-2H3;6-9,11-13H,1-5H3;/q2*-1;. The van der Waals surface area contributed by atoms with E-state index in [1.54, 1.807) is 12.1 Å². The molecule has 0 bridgehead atoms. The van der Waals surface area contributed by atoms with E-state index < -0.39 is 8.07 Å². The summed E-state index contributed by atoms with van der Waals surface area (Å²) in [7, 11) is -1.34. The van der Waals surface area contributed by atoms with E-state index in [4.69, 9.17) is 9.40 Å². The second kappa shape index (κ2) is 16.2. The maximum atomic E-state index is 14.4. The second-order valence-corrected chi connectivity index (χ2v) is 21.4. The van der Waals surface area contributed by atoms with Gasteiger partial charge in [0.2, 0.25) is 0 Å². The number of nitrogens with zero attached hydrogens (tertiary/aromatic N) is 2. The minimum Gasteiger partial charge on any atom is -0.501 e. The fraction of sp³-hybridized carbons (Fsp3) is 0.292. The van der Waals surface area contributed by atoms with Crippen molar-refractivity contribution in [1.82, 2.24) is 9.97 Å². The first kappa shape index (κ1) is 39.5. The topological polar surface area (TPSA) is 38.9 Å². The molecule has 1 fully saturated rings. The maximum absolute atomic E-state index is 14.4.